The molecule has 1 aliphatic rings. The summed E-state index contributed by atoms with van der Waals surface area (Å²) in [6.07, 6.45) is 2.16. The topological polar surface area (TPSA) is 24.1 Å². The second-order valence-electron chi connectivity index (χ2n) is 4.93. The highest BCUT2D eigenvalue weighted by atomic mass is 19.1. The maximum Gasteiger partial charge on any atom is 0.149 e. The summed E-state index contributed by atoms with van der Waals surface area (Å²) in [7, 11) is 0. The number of nitrogens with one attached hydrogen (secondary N) is 2. The van der Waals surface area contributed by atoms with E-state index in [1.807, 2.05) is 12.1 Å². The van der Waals surface area contributed by atoms with Crippen molar-refractivity contribution in [1.29, 1.82) is 0 Å². The van der Waals surface area contributed by atoms with Crippen LogP contribution < -0.4 is 10.6 Å². The maximum absolute atomic E-state index is 13.6. The van der Waals surface area contributed by atoms with Crippen LogP contribution in [-0.2, 0) is 13.0 Å². The summed E-state index contributed by atoms with van der Waals surface area (Å²) in [6, 6.07) is 9.92. The molecule has 0 aliphatic carbocycles. The zero-order valence-electron chi connectivity index (χ0n) is 11.0. The number of rotatable bonds is 3. The van der Waals surface area contributed by atoms with Crippen molar-refractivity contribution in [1.82, 2.24) is 0 Å². The molecule has 3 rings (SSSR count). The van der Waals surface area contributed by atoms with Crippen molar-refractivity contribution in [3.63, 3.8) is 0 Å². The van der Waals surface area contributed by atoms with Gasteiger partial charge in [0.25, 0.3) is 0 Å². The van der Waals surface area contributed by atoms with E-state index in [4.69, 9.17) is 0 Å². The zero-order valence-corrected chi connectivity index (χ0v) is 11.0. The molecular formula is C16H16F2N2. The minimum atomic E-state index is -0.567. The molecule has 0 spiro atoms. The van der Waals surface area contributed by atoms with Gasteiger partial charge in [0.05, 0.1) is 0 Å². The van der Waals surface area contributed by atoms with E-state index in [9.17, 15) is 8.78 Å². The molecule has 0 amide bonds. The van der Waals surface area contributed by atoms with Crippen LogP contribution in [0.2, 0.25) is 0 Å². The predicted octanol–water partition coefficient (Wildman–Crippen LogP) is 3.94. The first-order chi connectivity index (χ1) is 9.75. The Bertz CT molecular complexity index is 606. The van der Waals surface area contributed by atoms with E-state index in [1.165, 1.54) is 23.8 Å². The van der Waals surface area contributed by atoms with Crippen molar-refractivity contribution >= 4 is 11.4 Å². The van der Waals surface area contributed by atoms with Gasteiger partial charge in [-0.1, -0.05) is 24.3 Å². The van der Waals surface area contributed by atoms with Gasteiger partial charge in [-0.2, -0.15) is 0 Å². The van der Waals surface area contributed by atoms with Crippen LogP contribution in [0.3, 0.4) is 0 Å². The Labute approximate surface area is 116 Å². The number of halogens is 2. The Balaban J connectivity index is 1.82. The second-order valence-corrected chi connectivity index (χ2v) is 4.93. The van der Waals surface area contributed by atoms with Gasteiger partial charge >= 0.3 is 0 Å². The monoisotopic (exact) mass is 274 g/mol. The Morgan fingerprint density at radius 1 is 1.05 bits per heavy atom. The number of fused-ring (bicyclic) bond motifs is 1. The standard InChI is InChI=1S/C16H16F2N2/c17-13-7-2-8-14(18)16(13)20-10-12-5-1-4-11-6-3-9-19-15(11)12/h1-2,4-5,7-8,19-20H,3,6,9-10H2. The highest BCUT2D eigenvalue weighted by molar-refractivity contribution is 5.60. The Hall–Kier alpha value is -2.10. The Kier molecular flexibility index (Phi) is 3.54. The summed E-state index contributed by atoms with van der Waals surface area (Å²) < 4.78 is 27.1. The number of aryl methyl sites for hydroxylation is 1. The number of hydrogen-bond donors (Lipinski definition) is 2. The van der Waals surface area contributed by atoms with Crippen LogP contribution in [0, 0.1) is 11.6 Å². The molecule has 2 aromatic rings. The summed E-state index contributed by atoms with van der Waals surface area (Å²) in [5, 5.41) is 6.23. The third kappa shape index (κ3) is 2.46. The average molecular weight is 274 g/mol. The SMILES string of the molecule is Fc1cccc(F)c1NCc1cccc2c1NCCC2. The number of benzene rings is 2. The van der Waals surface area contributed by atoms with Crippen LogP contribution in [0.1, 0.15) is 17.5 Å². The van der Waals surface area contributed by atoms with Gasteiger partial charge in [0, 0.05) is 18.8 Å². The average Bonchev–Trinajstić information content (AvgIpc) is 2.47. The van der Waals surface area contributed by atoms with Crippen LogP contribution in [0.15, 0.2) is 36.4 Å². The van der Waals surface area contributed by atoms with Crippen molar-refractivity contribution in [3.05, 3.63) is 59.2 Å². The number of anilines is 2. The molecule has 0 saturated carbocycles. The molecule has 1 aliphatic heterocycles. The molecular weight excluding hydrogens is 258 g/mol. The summed E-state index contributed by atoms with van der Waals surface area (Å²) in [4.78, 5) is 0. The van der Waals surface area contributed by atoms with Crippen molar-refractivity contribution in [2.45, 2.75) is 19.4 Å². The van der Waals surface area contributed by atoms with Crippen LogP contribution in [0.4, 0.5) is 20.2 Å². The van der Waals surface area contributed by atoms with E-state index in [0.29, 0.717) is 6.54 Å². The highest BCUT2D eigenvalue weighted by Crippen LogP contribution is 2.27. The molecule has 0 saturated heterocycles. The summed E-state index contributed by atoms with van der Waals surface area (Å²) in [6.45, 7) is 1.34. The molecule has 20 heavy (non-hydrogen) atoms. The fourth-order valence-corrected chi connectivity index (χ4v) is 2.58. The molecule has 4 heteroatoms. The molecule has 2 N–H and O–H groups in total. The van der Waals surface area contributed by atoms with Gasteiger partial charge in [-0.15, -0.1) is 0 Å². The minimum Gasteiger partial charge on any atom is -0.385 e. The van der Waals surface area contributed by atoms with E-state index < -0.39 is 11.6 Å². The lowest BCUT2D eigenvalue weighted by atomic mass is 9.99. The molecule has 0 bridgehead atoms. The first-order valence-corrected chi connectivity index (χ1v) is 6.78. The van der Waals surface area contributed by atoms with Crippen LogP contribution >= 0.6 is 0 Å². The number of hydrogen-bond acceptors (Lipinski definition) is 2. The van der Waals surface area contributed by atoms with Gasteiger partial charge in [0.2, 0.25) is 0 Å². The van der Waals surface area contributed by atoms with Crippen molar-refractivity contribution in [3.8, 4) is 0 Å². The van der Waals surface area contributed by atoms with Crippen molar-refractivity contribution < 1.29 is 8.78 Å². The Morgan fingerprint density at radius 2 is 1.80 bits per heavy atom. The molecule has 1 heterocycles. The second kappa shape index (κ2) is 5.49. The van der Waals surface area contributed by atoms with E-state index in [2.05, 4.69) is 16.7 Å². The number of para-hydroxylation sites is 2. The molecule has 0 fully saturated rings. The third-order valence-corrected chi connectivity index (χ3v) is 3.58. The van der Waals surface area contributed by atoms with Crippen LogP contribution in [0.25, 0.3) is 0 Å². The van der Waals surface area contributed by atoms with Gasteiger partial charge in [-0.25, -0.2) is 8.78 Å². The fraction of sp³-hybridized carbons (Fsp3) is 0.250. The van der Waals surface area contributed by atoms with Gasteiger partial charge < -0.3 is 10.6 Å². The summed E-state index contributed by atoms with van der Waals surface area (Å²) >= 11 is 0. The van der Waals surface area contributed by atoms with Gasteiger partial charge in [-0.05, 0) is 36.1 Å². The molecule has 104 valence electrons. The zero-order chi connectivity index (χ0) is 13.9. The molecule has 0 aromatic heterocycles. The van der Waals surface area contributed by atoms with E-state index in [1.54, 1.807) is 0 Å². The smallest absolute Gasteiger partial charge is 0.149 e. The van der Waals surface area contributed by atoms with E-state index in [0.717, 1.165) is 30.6 Å². The first kappa shape index (κ1) is 12.9. The Morgan fingerprint density at radius 3 is 2.60 bits per heavy atom. The first-order valence-electron chi connectivity index (χ1n) is 6.78. The largest absolute Gasteiger partial charge is 0.385 e. The van der Waals surface area contributed by atoms with Crippen LogP contribution in [-0.4, -0.2) is 6.54 Å². The lowest BCUT2D eigenvalue weighted by Gasteiger charge is -2.21. The summed E-state index contributed by atoms with van der Waals surface area (Å²) in [5.41, 5.74) is 3.33. The lowest BCUT2D eigenvalue weighted by molar-refractivity contribution is 0.588. The van der Waals surface area contributed by atoms with Crippen LogP contribution in [0.5, 0.6) is 0 Å². The third-order valence-electron chi connectivity index (χ3n) is 3.58. The quantitative estimate of drug-likeness (QED) is 0.886. The van der Waals surface area contributed by atoms with Gasteiger partial charge in [-0.3, -0.25) is 0 Å². The maximum atomic E-state index is 13.6. The molecule has 2 nitrogen and oxygen atoms in total. The van der Waals surface area contributed by atoms with Crippen molar-refractivity contribution in [2.24, 2.45) is 0 Å². The fourth-order valence-electron chi connectivity index (χ4n) is 2.58. The van der Waals surface area contributed by atoms with Gasteiger partial charge in [0.1, 0.15) is 17.3 Å². The van der Waals surface area contributed by atoms with Gasteiger partial charge in [0.15, 0.2) is 0 Å². The predicted molar refractivity (Wildman–Crippen MR) is 76.9 cm³/mol. The van der Waals surface area contributed by atoms with Crippen molar-refractivity contribution in [2.75, 3.05) is 17.2 Å². The molecule has 0 atom stereocenters. The summed E-state index contributed by atoms with van der Waals surface area (Å²) in [5.74, 6) is -1.13. The minimum absolute atomic E-state index is 0.0686. The normalized spacial score (nSPS) is 13.5. The lowest BCUT2D eigenvalue weighted by Crippen LogP contribution is -2.15. The molecule has 2 aromatic carbocycles. The van der Waals surface area contributed by atoms with E-state index >= 15 is 0 Å². The van der Waals surface area contributed by atoms with E-state index in [-0.39, 0.29) is 5.69 Å². The highest BCUT2D eigenvalue weighted by Gasteiger charge is 2.13. The molecule has 0 radical (unpaired) electrons. The molecule has 0 unspecified atom stereocenters.